The van der Waals surface area contributed by atoms with Gasteiger partial charge in [-0.05, 0) is 30.9 Å². The number of nitrogen functional groups attached to an aromatic ring is 1. The van der Waals surface area contributed by atoms with Crippen LogP contribution in [0.15, 0.2) is 18.2 Å². The van der Waals surface area contributed by atoms with Crippen molar-refractivity contribution in [1.82, 2.24) is 4.98 Å². The molecular formula is C13H21N3O. The fourth-order valence-electron chi connectivity index (χ4n) is 2.36. The predicted octanol–water partition coefficient (Wildman–Crippen LogP) is 2.46. The van der Waals surface area contributed by atoms with Crippen molar-refractivity contribution in [2.75, 3.05) is 5.43 Å². The third kappa shape index (κ3) is 3.41. The minimum atomic E-state index is 0.389. The fourth-order valence-corrected chi connectivity index (χ4v) is 2.36. The van der Waals surface area contributed by atoms with Crippen molar-refractivity contribution in [2.45, 2.75) is 45.3 Å². The smallest absolute Gasteiger partial charge is 0.140 e. The lowest BCUT2D eigenvalue weighted by Gasteiger charge is -2.28. The molecule has 1 aromatic rings. The summed E-state index contributed by atoms with van der Waals surface area (Å²) >= 11 is 0. The van der Waals surface area contributed by atoms with Crippen LogP contribution in [0, 0.1) is 5.92 Å². The van der Waals surface area contributed by atoms with E-state index in [4.69, 9.17) is 10.6 Å². The number of nitrogens with two attached hydrogens (primary N) is 1. The van der Waals surface area contributed by atoms with E-state index in [1.165, 1.54) is 25.7 Å². The molecule has 3 N–H and O–H groups in total. The van der Waals surface area contributed by atoms with E-state index in [0.29, 0.717) is 24.4 Å². The second-order valence-corrected chi connectivity index (χ2v) is 4.77. The van der Waals surface area contributed by atoms with Crippen molar-refractivity contribution in [3.05, 3.63) is 23.9 Å². The molecule has 94 valence electrons. The molecule has 1 aromatic heterocycles. The van der Waals surface area contributed by atoms with Gasteiger partial charge >= 0.3 is 0 Å². The molecule has 2 atom stereocenters. The molecule has 0 bridgehead atoms. The Bertz CT molecular complexity index is 356. The number of nitrogens with zero attached hydrogens (tertiary/aromatic N) is 1. The Balaban J connectivity index is 1.88. The van der Waals surface area contributed by atoms with Crippen LogP contribution < -0.4 is 11.3 Å². The maximum absolute atomic E-state index is 5.95. The summed E-state index contributed by atoms with van der Waals surface area (Å²) in [5.41, 5.74) is 3.48. The number of aromatic nitrogens is 1. The Morgan fingerprint density at radius 2 is 2.24 bits per heavy atom. The van der Waals surface area contributed by atoms with E-state index in [2.05, 4.69) is 17.3 Å². The molecule has 0 spiro atoms. The number of hydrogen-bond donors (Lipinski definition) is 2. The molecule has 2 unspecified atom stereocenters. The summed E-state index contributed by atoms with van der Waals surface area (Å²) in [5, 5.41) is 0. The van der Waals surface area contributed by atoms with Crippen molar-refractivity contribution in [3.8, 4) is 0 Å². The second kappa shape index (κ2) is 5.98. The summed E-state index contributed by atoms with van der Waals surface area (Å²) < 4.78 is 5.95. The predicted molar refractivity (Wildman–Crippen MR) is 68.3 cm³/mol. The number of ether oxygens (including phenoxy) is 1. The molecule has 1 fully saturated rings. The van der Waals surface area contributed by atoms with Gasteiger partial charge in [0.2, 0.25) is 0 Å². The van der Waals surface area contributed by atoms with E-state index in [1.54, 1.807) is 0 Å². The number of hydrazine groups is 1. The summed E-state index contributed by atoms with van der Waals surface area (Å²) in [6.07, 6.45) is 5.47. The van der Waals surface area contributed by atoms with E-state index in [9.17, 15) is 0 Å². The molecule has 1 aliphatic rings. The summed E-state index contributed by atoms with van der Waals surface area (Å²) in [6.45, 7) is 2.85. The Hall–Kier alpha value is -1.13. The molecule has 0 amide bonds. The number of hydrogen-bond acceptors (Lipinski definition) is 4. The maximum atomic E-state index is 5.95. The Morgan fingerprint density at radius 3 is 3.00 bits per heavy atom. The summed E-state index contributed by atoms with van der Waals surface area (Å²) in [5.74, 6) is 6.68. The number of nitrogens with one attached hydrogen (secondary N) is 1. The average Bonchev–Trinajstić information content (AvgIpc) is 2.38. The lowest BCUT2D eigenvalue weighted by atomic mass is 9.88. The molecule has 1 saturated carbocycles. The molecule has 1 aliphatic carbocycles. The van der Waals surface area contributed by atoms with Gasteiger partial charge in [0.15, 0.2) is 0 Å². The lowest BCUT2D eigenvalue weighted by Crippen LogP contribution is -2.25. The largest absolute Gasteiger partial charge is 0.372 e. The normalized spacial score (nSPS) is 24.6. The third-order valence-corrected chi connectivity index (χ3v) is 3.43. The van der Waals surface area contributed by atoms with Gasteiger partial charge in [0.1, 0.15) is 5.82 Å². The van der Waals surface area contributed by atoms with Crippen LogP contribution in [0.25, 0.3) is 0 Å². The van der Waals surface area contributed by atoms with Crippen LogP contribution in [-0.2, 0) is 11.3 Å². The molecular weight excluding hydrogens is 214 g/mol. The van der Waals surface area contributed by atoms with Gasteiger partial charge in [-0.3, -0.25) is 0 Å². The van der Waals surface area contributed by atoms with Gasteiger partial charge < -0.3 is 10.2 Å². The molecule has 0 aliphatic heterocycles. The second-order valence-electron chi connectivity index (χ2n) is 4.77. The molecule has 4 nitrogen and oxygen atoms in total. The zero-order chi connectivity index (χ0) is 12.1. The topological polar surface area (TPSA) is 60.2 Å². The Morgan fingerprint density at radius 1 is 1.41 bits per heavy atom. The zero-order valence-electron chi connectivity index (χ0n) is 10.4. The van der Waals surface area contributed by atoms with Crippen LogP contribution >= 0.6 is 0 Å². The van der Waals surface area contributed by atoms with Gasteiger partial charge in [-0.2, -0.15) is 0 Å². The van der Waals surface area contributed by atoms with E-state index >= 15 is 0 Å². The minimum Gasteiger partial charge on any atom is -0.372 e. The molecule has 4 heteroatoms. The molecule has 1 heterocycles. The first-order valence-corrected chi connectivity index (χ1v) is 6.34. The highest BCUT2D eigenvalue weighted by molar-refractivity contribution is 5.33. The van der Waals surface area contributed by atoms with E-state index < -0.39 is 0 Å². The fraction of sp³-hybridized carbons (Fsp3) is 0.615. The van der Waals surface area contributed by atoms with Crippen LogP contribution in [-0.4, -0.2) is 11.1 Å². The van der Waals surface area contributed by atoms with Crippen molar-refractivity contribution < 1.29 is 4.74 Å². The third-order valence-electron chi connectivity index (χ3n) is 3.43. The van der Waals surface area contributed by atoms with Gasteiger partial charge in [-0.15, -0.1) is 0 Å². The van der Waals surface area contributed by atoms with E-state index in [0.717, 1.165) is 5.69 Å². The molecule has 0 aromatic carbocycles. The molecule has 17 heavy (non-hydrogen) atoms. The highest BCUT2D eigenvalue weighted by Crippen LogP contribution is 2.26. The van der Waals surface area contributed by atoms with Crippen molar-refractivity contribution >= 4 is 5.82 Å². The van der Waals surface area contributed by atoms with Crippen LogP contribution in [0.2, 0.25) is 0 Å². The van der Waals surface area contributed by atoms with Gasteiger partial charge in [0, 0.05) is 0 Å². The van der Waals surface area contributed by atoms with Crippen molar-refractivity contribution in [2.24, 2.45) is 11.8 Å². The maximum Gasteiger partial charge on any atom is 0.140 e. The first-order valence-electron chi connectivity index (χ1n) is 6.34. The minimum absolute atomic E-state index is 0.389. The van der Waals surface area contributed by atoms with Crippen LogP contribution in [0.1, 0.15) is 38.3 Å². The zero-order valence-corrected chi connectivity index (χ0v) is 10.4. The average molecular weight is 235 g/mol. The molecule has 0 radical (unpaired) electrons. The Kier molecular flexibility index (Phi) is 4.34. The standard InChI is InChI=1S/C13H21N3O/c1-10-5-2-3-7-12(10)17-9-11-6-4-8-13(15-11)16-14/h4,6,8,10,12H,2-3,5,7,9,14H2,1H3,(H,15,16). The Labute approximate surface area is 103 Å². The summed E-state index contributed by atoms with van der Waals surface area (Å²) in [6, 6.07) is 5.74. The summed E-state index contributed by atoms with van der Waals surface area (Å²) in [4.78, 5) is 4.34. The molecule has 2 rings (SSSR count). The van der Waals surface area contributed by atoms with Crippen LogP contribution in [0.4, 0.5) is 5.82 Å². The van der Waals surface area contributed by atoms with Gasteiger partial charge in [0.25, 0.3) is 0 Å². The van der Waals surface area contributed by atoms with Gasteiger partial charge in [-0.25, -0.2) is 10.8 Å². The van der Waals surface area contributed by atoms with Crippen LogP contribution in [0.5, 0.6) is 0 Å². The SMILES string of the molecule is CC1CCCCC1OCc1cccc(NN)n1. The van der Waals surface area contributed by atoms with Crippen molar-refractivity contribution in [1.29, 1.82) is 0 Å². The monoisotopic (exact) mass is 235 g/mol. The first-order chi connectivity index (χ1) is 8.29. The number of rotatable bonds is 4. The first kappa shape index (κ1) is 12.3. The summed E-state index contributed by atoms with van der Waals surface area (Å²) in [7, 11) is 0. The van der Waals surface area contributed by atoms with Crippen LogP contribution in [0.3, 0.4) is 0 Å². The van der Waals surface area contributed by atoms with Crippen molar-refractivity contribution in [3.63, 3.8) is 0 Å². The quantitative estimate of drug-likeness (QED) is 0.621. The lowest BCUT2D eigenvalue weighted by molar-refractivity contribution is -0.0167. The number of anilines is 1. The van der Waals surface area contributed by atoms with Gasteiger partial charge in [0.05, 0.1) is 18.4 Å². The number of pyridine rings is 1. The highest BCUT2D eigenvalue weighted by atomic mass is 16.5. The highest BCUT2D eigenvalue weighted by Gasteiger charge is 2.21. The van der Waals surface area contributed by atoms with E-state index in [-0.39, 0.29) is 0 Å². The molecule has 0 saturated heterocycles. The van der Waals surface area contributed by atoms with E-state index in [1.807, 2.05) is 18.2 Å². The van der Waals surface area contributed by atoms with Gasteiger partial charge in [-0.1, -0.05) is 25.8 Å².